The molecule has 0 rings (SSSR count). The van der Waals surface area contributed by atoms with Crippen molar-refractivity contribution < 1.29 is 33.5 Å². The Kier molecular flexibility index (Phi) is 20.9. The molecule has 0 aliphatic carbocycles. The van der Waals surface area contributed by atoms with Crippen LogP contribution in [0.4, 0.5) is 0 Å². The van der Waals surface area contributed by atoms with E-state index in [0.29, 0.717) is 6.42 Å². The van der Waals surface area contributed by atoms with Crippen molar-refractivity contribution in [3.8, 4) is 0 Å². The third-order valence-corrected chi connectivity index (χ3v) is 4.34. The summed E-state index contributed by atoms with van der Waals surface area (Å²) < 4.78 is 19.4. The van der Waals surface area contributed by atoms with E-state index in [4.69, 9.17) is 14.5 Å². The van der Waals surface area contributed by atoms with Gasteiger partial charge in [-0.15, -0.1) is 0 Å². The van der Waals surface area contributed by atoms with Crippen molar-refractivity contribution in [3.63, 3.8) is 0 Å². The zero-order valence-electron chi connectivity index (χ0n) is 16.4. The molecule has 9 heteroatoms. The molecule has 26 heavy (non-hydrogen) atoms. The number of ether oxygens (including phenoxy) is 1. The molecule has 0 fully saturated rings. The van der Waals surface area contributed by atoms with Crippen LogP contribution in [0.15, 0.2) is 0 Å². The first-order valence-corrected chi connectivity index (χ1v) is 10.9. The third kappa shape index (κ3) is 22.6. The van der Waals surface area contributed by atoms with E-state index in [9.17, 15) is 14.5 Å². The van der Waals surface area contributed by atoms with Crippen LogP contribution in [0.1, 0.15) is 84.0 Å². The predicted molar refractivity (Wildman–Crippen MR) is 102 cm³/mol. The van der Waals surface area contributed by atoms with Crippen molar-refractivity contribution in [2.45, 2.75) is 90.1 Å². The summed E-state index contributed by atoms with van der Waals surface area (Å²) in [4.78, 5) is 28.4. The van der Waals surface area contributed by atoms with Gasteiger partial charge >= 0.3 is 13.8 Å². The molecule has 3 N–H and O–H groups in total. The number of hydrogen-bond donors (Lipinski definition) is 3. The molecule has 0 aromatic heterocycles. The van der Waals surface area contributed by atoms with Gasteiger partial charge in [-0.25, -0.2) is 4.57 Å². The summed E-state index contributed by atoms with van der Waals surface area (Å²) in [5.41, 5.74) is 0. The number of carbonyl (C=O) groups is 1. The SMILES string of the molecule is CCCCCCCCCCCCCC(=O)OC[C@@H](O)COP(=O)(O)O.[Na]. The summed E-state index contributed by atoms with van der Waals surface area (Å²) in [7, 11) is -4.61. The summed E-state index contributed by atoms with van der Waals surface area (Å²) in [5.74, 6) is -0.411. The van der Waals surface area contributed by atoms with Crippen molar-refractivity contribution in [2.24, 2.45) is 0 Å². The number of esters is 1. The topological polar surface area (TPSA) is 113 Å². The number of hydrogen-bond acceptors (Lipinski definition) is 5. The fourth-order valence-corrected chi connectivity index (χ4v) is 2.79. The molecule has 0 aliphatic heterocycles. The number of aliphatic hydroxyl groups excluding tert-OH is 1. The number of aliphatic hydroxyl groups is 1. The predicted octanol–water partition coefficient (Wildman–Crippen LogP) is 3.32. The molecule has 0 saturated heterocycles. The van der Waals surface area contributed by atoms with E-state index in [0.717, 1.165) is 19.3 Å². The van der Waals surface area contributed by atoms with Crippen LogP contribution in [0.25, 0.3) is 0 Å². The van der Waals surface area contributed by atoms with Gasteiger partial charge in [0, 0.05) is 36.0 Å². The second-order valence-corrected chi connectivity index (χ2v) is 7.65. The molecular formula is C17H35NaO7P. The Hall–Kier alpha value is 0.540. The van der Waals surface area contributed by atoms with Crippen LogP contribution in [0.5, 0.6) is 0 Å². The Morgan fingerprint density at radius 3 is 1.81 bits per heavy atom. The first-order valence-electron chi connectivity index (χ1n) is 9.39. The third-order valence-electron chi connectivity index (χ3n) is 3.86. The molecule has 1 atom stereocenters. The maximum Gasteiger partial charge on any atom is 0.469 e. The van der Waals surface area contributed by atoms with E-state index in [1.807, 2.05) is 0 Å². The zero-order chi connectivity index (χ0) is 19.0. The van der Waals surface area contributed by atoms with Gasteiger partial charge in [0.25, 0.3) is 0 Å². The van der Waals surface area contributed by atoms with Gasteiger partial charge in [0.1, 0.15) is 12.7 Å². The fraction of sp³-hybridized carbons (Fsp3) is 0.941. The Morgan fingerprint density at radius 1 is 0.885 bits per heavy atom. The number of phosphoric acid groups is 1. The Bertz CT molecular complexity index is 376. The van der Waals surface area contributed by atoms with E-state index in [1.54, 1.807) is 0 Å². The van der Waals surface area contributed by atoms with Crippen molar-refractivity contribution in [2.75, 3.05) is 13.2 Å². The average molecular weight is 405 g/mol. The minimum Gasteiger partial charge on any atom is -0.463 e. The van der Waals surface area contributed by atoms with Crippen LogP contribution in [-0.2, 0) is 18.6 Å². The van der Waals surface area contributed by atoms with Crippen molar-refractivity contribution in [1.29, 1.82) is 0 Å². The molecule has 0 aliphatic rings. The van der Waals surface area contributed by atoms with Gasteiger partial charge in [0.2, 0.25) is 0 Å². The van der Waals surface area contributed by atoms with Crippen molar-refractivity contribution in [1.82, 2.24) is 0 Å². The number of unbranched alkanes of at least 4 members (excludes halogenated alkanes) is 10. The van der Waals surface area contributed by atoms with Crippen LogP contribution in [0, 0.1) is 0 Å². The summed E-state index contributed by atoms with van der Waals surface area (Å²) in [6.07, 6.45) is 12.3. The quantitative estimate of drug-likeness (QED) is 0.147. The van der Waals surface area contributed by atoms with E-state index >= 15 is 0 Å². The Morgan fingerprint density at radius 2 is 1.35 bits per heavy atom. The van der Waals surface area contributed by atoms with E-state index in [2.05, 4.69) is 11.4 Å². The van der Waals surface area contributed by atoms with Crippen LogP contribution >= 0.6 is 7.82 Å². The normalized spacial score (nSPS) is 12.5. The molecular weight excluding hydrogens is 370 g/mol. The standard InChI is InChI=1S/C17H35O7P.Na/c1-2-3-4-5-6-7-8-9-10-11-12-13-17(19)23-14-16(18)15-24-25(20,21)22;/h16,18H,2-15H2,1H3,(H2,20,21,22);/t16-;/m1./s1. The van der Waals surface area contributed by atoms with Crippen LogP contribution < -0.4 is 0 Å². The van der Waals surface area contributed by atoms with Gasteiger partial charge in [-0.05, 0) is 6.42 Å². The van der Waals surface area contributed by atoms with Crippen LogP contribution in [0.2, 0.25) is 0 Å². The molecule has 0 aromatic carbocycles. The number of carbonyl (C=O) groups excluding carboxylic acids is 1. The summed E-state index contributed by atoms with van der Waals surface area (Å²) >= 11 is 0. The first-order chi connectivity index (χ1) is 11.8. The maximum atomic E-state index is 11.5. The minimum atomic E-state index is -4.61. The molecule has 151 valence electrons. The average Bonchev–Trinajstić information content (AvgIpc) is 2.55. The molecule has 0 unspecified atom stereocenters. The van der Waals surface area contributed by atoms with Crippen molar-refractivity contribution >= 4 is 43.3 Å². The number of phosphoric ester groups is 1. The molecule has 0 heterocycles. The summed E-state index contributed by atoms with van der Waals surface area (Å²) in [6, 6.07) is 0. The van der Waals surface area contributed by atoms with Gasteiger partial charge in [-0.1, -0.05) is 71.1 Å². The molecule has 0 bridgehead atoms. The minimum absolute atomic E-state index is 0. The van der Waals surface area contributed by atoms with Gasteiger partial charge in [0.05, 0.1) is 6.61 Å². The smallest absolute Gasteiger partial charge is 0.463 e. The molecule has 0 spiro atoms. The zero-order valence-corrected chi connectivity index (χ0v) is 19.3. The second kappa shape index (κ2) is 18.9. The molecule has 0 aromatic rings. The summed E-state index contributed by atoms with van der Waals surface area (Å²) in [6.45, 7) is 1.33. The van der Waals surface area contributed by atoms with Gasteiger partial charge in [-0.2, -0.15) is 0 Å². The van der Waals surface area contributed by atoms with E-state index < -0.39 is 26.5 Å². The van der Waals surface area contributed by atoms with Gasteiger partial charge < -0.3 is 19.6 Å². The molecule has 7 nitrogen and oxygen atoms in total. The Balaban J connectivity index is 0. The van der Waals surface area contributed by atoms with E-state index in [-0.39, 0.29) is 36.2 Å². The maximum absolute atomic E-state index is 11.5. The monoisotopic (exact) mass is 405 g/mol. The van der Waals surface area contributed by atoms with Gasteiger partial charge in [-0.3, -0.25) is 9.32 Å². The van der Waals surface area contributed by atoms with Crippen LogP contribution in [-0.4, -0.2) is 69.7 Å². The van der Waals surface area contributed by atoms with Crippen LogP contribution in [0.3, 0.4) is 0 Å². The second-order valence-electron chi connectivity index (χ2n) is 6.41. The molecule has 0 amide bonds. The number of rotatable bonds is 17. The molecule has 1 radical (unpaired) electrons. The first kappa shape index (κ1) is 28.7. The Labute approximate surface area is 179 Å². The fourth-order valence-electron chi connectivity index (χ4n) is 2.43. The van der Waals surface area contributed by atoms with Gasteiger partial charge in [0.15, 0.2) is 0 Å². The van der Waals surface area contributed by atoms with E-state index in [1.165, 1.54) is 51.4 Å². The largest absolute Gasteiger partial charge is 0.469 e. The molecule has 0 saturated carbocycles. The van der Waals surface area contributed by atoms with Crippen molar-refractivity contribution in [3.05, 3.63) is 0 Å². The summed E-state index contributed by atoms with van der Waals surface area (Å²) in [5, 5.41) is 9.38.